The largest absolute Gasteiger partial charge is 0.477 e. The summed E-state index contributed by atoms with van der Waals surface area (Å²) in [6, 6.07) is 2.96. The average Bonchev–Trinajstić information content (AvgIpc) is 2.78. The second-order valence-electron chi connectivity index (χ2n) is 8.61. The molecule has 36 heavy (non-hydrogen) atoms. The fourth-order valence-electron chi connectivity index (χ4n) is 4.42. The lowest BCUT2D eigenvalue weighted by Gasteiger charge is -2.39. The number of pyridine rings is 1. The molecule has 0 radical (unpaired) electrons. The van der Waals surface area contributed by atoms with Crippen LogP contribution in [-0.2, 0) is 15.7 Å². The molecule has 2 aliphatic heterocycles. The number of hydrogen-bond acceptors (Lipinski definition) is 8. The molecule has 0 spiro atoms. The molecule has 198 valence electrons. The number of alkyl halides is 1. The predicted molar refractivity (Wildman–Crippen MR) is 123 cm³/mol. The van der Waals surface area contributed by atoms with Crippen molar-refractivity contribution in [2.24, 2.45) is 0 Å². The van der Waals surface area contributed by atoms with Crippen LogP contribution in [0.4, 0.5) is 10.1 Å². The van der Waals surface area contributed by atoms with E-state index in [2.05, 4.69) is 0 Å². The minimum Gasteiger partial charge on any atom is -0.477 e. The second-order valence-corrected chi connectivity index (χ2v) is 12.6. The molecular formula is C19H24FN3O11P2. The van der Waals surface area contributed by atoms with Gasteiger partial charge in [-0.15, -0.1) is 0 Å². The van der Waals surface area contributed by atoms with Crippen molar-refractivity contribution in [3.8, 4) is 5.75 Å². The third-order valence-corrected chi connectivity index (χ3v) is 10.3. The Morgan fingerprint density at radius 3 is 2.28 bits per heavy atom. The van der Waals surface area contributed by atoms with E-state index in [1.54, 1.807) is 9.80 Å². The Bertz CT molecular complexity index is 1340. The van der Waals surface area contributed by atoms with Gasteiger partial charge in [-0.25, -0.2) is 4.79 Å². The second kappa shape index (κ2) is 9.19. The molecular weight excluding hydrogens is 527 g/mol. The first-order chi connectivity index (χ1) is 16.6. The van der Waals surface area contributed by atoms with Crippen molar-refractivity contribution in [1.29, 1.82) is 0 Å². The predicted octanol–water partition coefficient (Wildman–Crippen LogP) is -0.0987. The quantitative estimate of drug-likeness (QED) is 0.249. The average molecular weight is 551 g/mol. The number of halogens is 1. The van der Waals surface area contributed by atoms with Gasteiger partial charge in [0.1, 0.15) is 5.56 Å². The molecule has 4 rings (SSSR count). The minimum absolute atomic E-state index is 0.0633. The van der Waals surface area contributed by atoms with Crippen LogP contribution < -0.4 is 15.1 Å². The van der Waals surface area contributed by atoms with Gasteiger partial charge < -0.3 is 44.0 Å². The number of benzene rings is 1. The van der Waals surface area contributed by atoms with Gasteiger partial charge in [0.05, 0.1) is 23.1 Å². The van der Waals surface area contributed by atoms with Gasteiger partial charge in [-0.3, -0.25) is 18.8 Å². The normalized spacial score (nSPS) is 19.4. The summed E-state index contributed by atoms with van der Waals surface area (Å²) in [4.78, 5) is 64.7. The van der Waals surface area contributed by atoms with E-state index in [0.717, 1.165) is 6.20 Å². The van der Waals surface area contributed by atoms with Crippen molar-refractivity contribution in [2.45, 2.75) is 24.4 Å². The lowest BCUT2D eigenvalue weighted by molar-refractivity contribution is 0.0444. The highest BCUT2D eigenvalue weighted by molar-refractivity contribution is 7.72. The third kappa shape index (κ3) is 4.57. The molecule has 1 unspecified atom stereocenters. The van der Waals surface area contributed by atoms with Crippen molar-refractivity contribution < 1.29 is 52.8 Å². The first kappa shape index (κ1) is 26.7. The van der Waals surface area contributed by atoms with Crippen molar-refractivity contribution >= 4 is 37.8 Å². The van der Waals surface area contributed by atoms with Crippen molar-refractivity contribution in [3.05, 3.63) is 34.1 Å². The van der Waals surface area contributed by atoms with Gasteiger partial charge in [-0.1, -0.05) is 0 Å². The smallest absolute Gasteiger partial charge is 0.369 e. The van der Waals surface area contributed by atoms with Crippen LogP contribution in [0.15, 0.2) is 23.1 Å². The molecule has 0 bridgehead atoms. The van der Waals surface area contributed by atoms with Gasteiger partial charge in [-0.2, -0.15) is 4.39 Å². The van der Waals surface area contributed by atoms with Gasteiger partial charge in [-0.05, 0) is 12.1 Å². The van der Waals surface area contributed by atoms with E-state index in [1.807, 2.05) is 0 Å². The van der Waals surface area contributed by atoms with E-state index >= 15 is 0 Å². The van der Waals surface area contributed by atoms with Gasteiger partial charge in [0.2, 0.25) is 5.43 Å². The van der Waals surface area contributed by atoms with E-state index in [4.69, 9.17) is 4.74 Å². The first-order valence-corrected chi connectivity index (χ1v) is 13.9. The highest BCUT2D eigenvalue weighted by Crippen LogP contribution is 2.68. The Hall–Kier alpha value is -2.35. The first-order valence-electron chi connectivity index (χ1n) is 10.7. The lowest BCUT2D eigenvalue weighted by Crippen LogP contribution is -2.48. The lowest BCUT2D eigenvalue weighted by atomic mass is 10.1. The summed E-state index contributed by atoms with van der Waals surface area (Å²) in [7, 11) is -11.1. The number of nitrogens with zero attached hydrogens (tertiary/aromatic N) is 3. The summed E-state index contributed by atoms with van der Waals surface area (Å²) >= 11 is 0. The third-order valence-electron chi connectivity index (χ3n) is 6.40. The van der Waals surface area contributed by atoms with Crippen LogP contribution in [-0.4, -0.2) is 89.4 Å². The molecule has 2 aliphatic rings. The van der Waals surface area contributed by atoms with Gasteiger partial charge >= 0.3 is 21.2 Å². The Labute approximate surface area is 202 Å². The maximum Gasteiger partial charge on any atom is 0.369 e. The van der Waals surface area contributed by atoms with Crippen LogP contribution in [0.25, 0.3) is 10.9 Å². The highest BCUT2D eigenvalue weighted by Gasteiger charge is 2.59. The summed E-state index contributed by atoms with van der Waals surface area (Å²) in [5.41, 5.74) is -0.515. The van der Waals surface area contributed by atoms with Crippen LogP contribution in [0.1, 0.15) is 16.8 Å². The monoisotopic (exact) mass is 551 g/mol. The SMILES string of the molecule is O=C(O)c1cn2c3c(c(N4CCN(CCC(O)(P(=O)(O)O)P(=O)(O)O)CC4)ccc3c1=O)OC(F)C2. The number of carboxylic acid groups (broad SMARTS) is 1. The number of aromatic carboxylic acids is 1. The summed E-state index contributed by atoms with van der Waals surface area (Å²) in [5, 5.41) is 15.9. The number of anilines is 1. The zero-order chi connectivity index (χ0) is 26.6. The molecule has 2 aromatic rings. The topological polar surface area (TPSA) is 210 Å². The van der Waals surface area contributed by atoms with Crippen molar-refractivity contribution in [2.75, 3.05) is 37.6 Å². The number of aromatic nitrogens is 1. The number of carboxylic acids is 1. The minimum atomic E-state index is -5.55. The fourth-order valence-corrected chi connectivity index (χ4v) is 6.56. The van der Waals surface area contributed by atoms with E-state index in [-0.39, 0.29) is 42.8 Å². The Morgan fingerprint density at radius 2 is 1.72 bits per heavy atom. The molecule has 1 fully saturated rings. The molecule has 0 amide bonds. The molecule has 0 saturated carbocycles. The Balaban J connectivity index is 1.56. The molecule has 14 nitrogen and oxygen atoms in total. The van der Waals surface area contributed by atoms with Crippen molar-refractivity contribution in [1.82, 2.24) is 9.47 Å². The van der Waals surface area contributed by atoms with Crippen LogP contribution in [0.3, 0.4) is 0 Å². The zero-order valence-corrected chi connectivity index (χ0v) is 20.4. The van der Waals surface area contributed by atoms with E-state index < -0.39 is 50.0 Å². The molecule has 1 aromatic carbocycles. The number of aliphatic hydroxyl groups is 1. The highest BCUT2D eigenvalue weighted by atomic mass is 31.2. The number of piperazine rings is 1. The van der Waals surface area contributed by atoms with Gasteiger partial charge in [0.25, 0.3) is 11.4 Å². The number of ether oxygens (including phenoxy) is 1. The van der Waals surface area contributed by atoms with Crippen molar-refractivity contribution in [3.63, 3.8) is 0 Å². The number of carbonyl (C=O) groups is 1. The molecule has 3 heterocycles. The molecule has 6 N–H and O–H groups in total. The van der Waals surface area contributed by atoms with Crippen LogP contribution in [0.5, 0.6) is 5.75 Å². The van der Waals surface area contributed by atoms with Crippen LogP contribution in [0.2, 0.25) is 0 Å². The molecule has 1 atom stereocenters. The maximum absolute atomic E-state index is 14.4. The zero-order valence-electron chi connectivity index (χ0n) is 18.6. The summed E-state index contributed by atoms with van der Waals surface area (Å²) in [6.07, 6.45) is -1.57. The van der Waals surface area contributed by atoms with E-state index in [0.29, 0.717) is 18.8 Å². The Kier molecular flexibility index (Phi) is 6.82. The summed E-state index contributed by atoms with van der Waals surface area (Å²) in [5.74, 6) is -1.36. The summed E-state index contributed by atoms with van der Waals surface area (Å²) in [6.45, 7) is 0.593. The van der Waals surface area contributed by atoms with Gasteiger partial charge in [0, 0.05) is 45.3 Å². The maximum atomic E-state index is 14.4. The van der Waals surface area contributed by atoms with E-state index in [1.165, 1.54) is 16.7 Å². The fraction of sp³-hybridized carbons (Fsp3) is 0.474. The molecule has 1 aromatic heterocycles. The number of hydrogen-bond donors (Lipinski definition) is 6. The van der Waals surface area contributed by atoms with Crippen LogP contribution in [0, 0.1) is 0 Å². The van der Waals surface area contributed by atoms with Crippen LogP contribution >= 0.6 is 15.2 Å². The summed E-state index contributed by atoms with van der Waals surface area (Å²) < 4.78 is 44.2. The van der Waals surface area contributed by atoms with E-state index in [9.17, 15) is 52.9 Å². The molecule has 0 aliphatic carbocycles. The Morgan fingerprint density at radius 1 is 1.11 bits per heavy atom. The van der Waals surface area contributed by atoms with Gasteiger partial charge in [0.15, 0.2) is 5.75 Å². The standard InChI is InChI=1S/C19H24FN3O11P2/c20-14-10-23-9-12(18(25)26)16(24)11-1-2-13(17(34-14)15(11)23)22-7-5-21(6-8-22)4-3-19(27,35(28,29)30)36(31,32)33/h1-2,9,14,27H,3-8,10H2,(H,25,26)(H2,28,29,30)(H2,31,32,33). The molecule has 1 saturated heterocycles. The molecule has 17 heteroatoms. The number of rotatable bonds is 7.